The molecule has 20 heavy (non-hydrogen) atoms. The van der Waals surface area contributed by atoms with Crippen LogP contribution >= 0.6 is 11.3 Å². The van der Waals surface area contributed by atoms with Crippen LogP contribution in [0.4, 0.5) is 0 Å². The summed E-state index contributed by atoms with van der Waals surface area (Å²) in [6.45, 7) is 0.656. The number of nitrogens with one attached hydrogen (secondary N) is 1. The van der Waals surface area contributed by atoms with E-state index in [4.69, 9.17) is 4.74 Å². The van der Waals surface area contributed by atoms with Gasteiger partial charge >= 0.3 is 0 Å². The molecule has 1 aliphatic carbocycles. The minimum atomic E-state index is 0.240. The summed E-state index contributed by atoms with van der Waals surface area (Å²) in [5.41, 5.74) is 2.32. The minimum Gasteiger partial charge on any atom is -0.504 e. The molecule has 0 fully saturated rings. The van der Waals surface area contributed by atoms with Gasteiger partial charge in [0.2, 0.25) is 0 Å². The fourth-order valence-electron chi connectivity index (χ4n) is 2.81. The largest absolute Gasteiger partial charge is 0.504 e. The average molecular weight is 289 g/mol. The van der Waals surface area contributed by atoms with E-state index in [0.717, 1.165) is 12.0 Å². The molecule has 1 aromatic carbocycles. The van der Waals surface area contributed by atoms with Crippen LogP contribution < -0.4 is 10.1 Å². The number of ether oxygens (including phenoxy) is 1. The van der Waals surface area contributed by atoms with Crippen molar-refractivity contribution in [2.45, 2.75) is 31.8 Å². The van der Waals surface area contributed by atoms with Crippen molar-refractivity contribution in [1.29, 1.82) is 0 Å². The summed E-state index contributed by atoms with van der Waals surface area (Å²) in [6, 6.07) is 8.24. The SMILES string of the molecule is COc1cccc(CNC2CCCc3sccc32)c1O. The molecule has 3 rings (SSSR count). The smallest absolute Gasteiger partial charge is 0.162 e. The van der Waals surface area contributed by atoms with Gasteiger partial charge in [0, 0.05) is 23.0 Å². The van der Waals surface area contributed by atoms with Crippen LogP contribution in [-0.4, -0.2) is 12.2 Å². The number of hydrogen-bond acceptors (Lipinski definition) is 4. The predicted octanol–water partition coefficient (Wildman–Crippen LogP) is 3.63. The Morgan fingerprint density at radius 1 is 1.40 bits per heavy atom. The van der Waals surface area contributed by atoms with Crippen molar-refractivity contribution in [2.75, 3.05) is 7.11 Å². The van der Waals surface area contributed by atoms with Crippen LogP contribution in [-0.2, 0) is 13.0 Å². The summed E-state index contributed by atoms with van der Waals surface area (Å²) in [5, 5.41) is 15.8. The van der Waals surface area contributed by atoms with Crippen molar-refractivity contribution in [3.05, 3.63) is 45.6 Å². The van der Waals surface area contributed by atoms with Gasteiger partial charge in [-0.25, -0.2) is 0 Å². The molecule has 4 heteroatoms. The Morgan fingerprint density at radius 3 is 3.15 bits per heavy atom. The summed E-state index contributed by atoms with van der Waals surface area (Å²) in [7, 11) is 1.57. The fraction of sp³-hybridized carbons (Fsp3) is 0.375. The van der Waals surface area contributed by atoms with Gasteiger partial charge in [-0.3, -0.25) is 0 Å². The lowest BCUT2D eigenvalue weighted by molar-refractivity contribution is 0.367. The van der Waals surface area contributed by atoms with Gasteiger partial charge in [0.25, 0.3) is 0 Å². The number of benzene rings is 1. The number of phenols is 1. The second kappa shape index (κ2) is 5.85. The number of hydrogen-bond donors (Lipinski definition) is 2. The molecule has 0 saturated heterocycles. The molecule has 1 aromatic heterocycles. The van der Waals surface area contributed by atoms with Gasteiger partial charge in [0.05, 0.1) is 7.11 Å². The van der Waals surface area contributed by atoms with Crippen LogP contribution in [0.25, 0.3) is 0 Å². The first-order valence-electron chi connectivity index (χ1n) is 6.94. The maximum atomic E-state index is 10.1. The van der Waals surface area contributed by atoms with E-state index in [9.17, 15) is 5.11 Å². The Hall–Kier alpha value is -1.52. The molecule has 0 bridgehead atoms. The van der Waals surface area contributed by atoms with E-state index in [0.29, 0.717) is 18.3 Å². The minimum absolute atomic E-state index is 0.240. The van der Waals surface area contributed by atoms with Crippen molar-refractivity contribution in [1.82, 2.24) is 5.32 Å². The van der Waals surface area contributed by atoms with Crippen molar-refractivity contribution >= 4 is 11.3 Å². The Balaban J connectivity index is 1.72. The Labute approximate surface area is 123 Å². The van der Waals surface area contributed by atoms with Crippen molar-refractivity contribution in [3.8, 4) is 11.5 Å². The first-order chi connectivity index (χ1) is 9.79. The summed E-state index contributed by atoms with van der Waals surface area (Å²) >= 11 is 1.85. The summed E-state index contributed by atoms with van der Waals surface area (Å²) < 4.78 is 5.15. The molecule has 2 aromatic rings. The highest BCUT2D eigenvalue weighted by atomic mass is 32.1. The lowest BCUT2D eigenvalue weighted by Crippen LogP contribution is -2.23. The third kappa shape index (κ3) is 2.53. The third-order valence-electron chi connectivity index (χ3n) is 3.89. The maximum absolute atomic E-state index is 10.1. The van der Waals surface area contributed by atoms with Gasteiger partial charge in [-0.1, -0.05) is 12.1 Å². The Kier molecular flexibility index (Phi) is 3.94. The molecule has 0 amide bonds. The number of fused-ring (bicyclic) bond motifs is 1. The first kappa shape index (κ1) is 13.5. The van der Waals surface area contributed by atoms with E-state index in [-0.39, 0.29) is 5.75 Å². The molecule has 0 radical (unpaired) electrons. The molecule has 1 atom stereocenters. The zero-order chi connectivity index (χ0) is 13.9. The third-order valence-corrected chi connectivity index (χ3v) is 4.89. The summed E-state index contributed by atoms with van der Waals surface area (Å²) in [6.07, 6.45) is 3.60. The monoisotopic (exact) mass is 289 g/mol. The van der Waals surface area contributed by atoms with E-state index in [1.807, 2.05) is 23.5 Å². The maximum Gasteiger partial charge on any atom is 0.162 e. The molecule has 0 spiro atoms. The van der Waals surface area contributed by atoms with Crippen molar-refractivity contribution < 1.29 is 9.84 Å². The van der Waals surface area contributed by atoms with Crippen LogP contribution in [0.3, 0.4) is 0 Å². The molecule has 1 unspecified atom stereocenters. The molecule has 1 aliphatic rings. The molecule has 0 saturated carbocycles. The lowest BCUT2D eigenvalue weighted by atomic mass is 9.94. The highest BCUT2D eigenvalue weighted by Gasteiger charge is 2.21. The molecular weight excluding hydrogens is 270 g/mol. The lowest BCUT2D eigenvalue weighted by Gasteiger charge is -2.24. The van der Waals surface area contributed by atoms with Crippen molar-refractivity contribution in [3.63, 3.8) is 0 Å². The van der Waals surface area contributed by atoms with Crippen LogP contribution in [0.15, 0.2) is 29.6 Å². The fourth-order valence-corrected chi connectivity index (χ4v) is 3.79. The van der Waals surface area contributed by atoms with Crippen LogP contribution in [0.1, 0.15) is 34.9 Å². The molecule has 3 nitrogen and oxygen atoms in total. The van der Waals surface area contributed by atoms with Crippen LogP contribution in [0.2, 0.25) is 0 Å². The highest BCUT2D eigenvalue weighted by Crippen LogP contribution is 2.34. The number of methoxy groups -OCH3 is 1. The van der Waals surface area contributed by atoms with Gasteiger partial charge in [-0.2, -0.15) is 0 Å². The zero-order valence-electron chi connectivity index (χ0n) is 11.6. The number of aryl methyl sites for hydroxylation is 1. The zero-order valence-corrected chi connectivity index (χ0v) is 12.4. The topological polar surface area (TPSA) is 41.5 Å². The van der Waals surface area contributed by atoms with Gasteiger partial charge in [0.1, 0.15) is 0 Å². The van der Waals surface area contributed by atoms with E-state index in [1.54, 1.807) is 13.2 Å². The second-order valence-electron chi connectivity index (χ2n) is 5.09. The van der Waals surface area contributed by atoms with E-state index in [1.165, 1.54) is 23.3 Å². The number of aromatic hydroxyl groups is 1. The van der Waals surface area contributed by atoms with Crippen molar-refractivity contribution in [2.24, 2.45) is 0 Å². The second-order valence-corrected chi connectivity index (χ2v) is 6.09. The van der Waals surface area contributed by atoms with Gasteiger partial charge < -0.3 is 15.2 Å². The molecule has 106 valence electrons. The summed E-state index contributed by atoms with van der Waals surface area (Å²) in [4.78, 5) is 1.50. The summed E-state index contributed by atoms with van der Waals surface area (Å²) in [5.74, 6) is 0.771. The first-order valence-corrected chi connectivity index (χ1v) is 7.82. The number of para-hydroxylation sites is 1. The molecule has 0 aliphatic heterocycles. The molecule has 1 heterocycles. The predicted molar refractivity (Wildman–Crippen MR) is 81.5 cm³/mol. The van der Waals surface area contributed by atoms with E-state index < -0.39 is 0 Å². The number of thiophene rings is 1. The molecule has 2 N–H and O–H groups in total. The highest BCUT2D eigenvalue weighted by molar-refractivity contribution is 7.10. The van der Waals surface area contributed by atoms with E-state index >= 15 is 0 Å². The van der Waals surface area contributed by atoms with Gasteiger partial charge in [-0.15, -0.1) is 11.3 Å². The molecular formula is C16H19NO2S. The van der Waals surface area contributed by atoms with Crippen LogP contribution in [0.5, 0.6) is 11.5 Å². The van der Waals surface area contributed by atoms with E-state index in [2.05, 4.69) is 16.8 Å². The van der Waals surface area contributed by atoms with Gasteiger partial charge in [0.15, 0.2) is 11.5 Å². The van der Waals surface area contributed by atoms with Gasteiger partial charge in [-0.05, 0) is 42.3 Å². The van der Waals surface area contributed by atoms with Crippen LogP contribution in [0, 0.1) is 0 Å². The average Bonchev–Trinajstić information content (AvgIpc) is 2.95. The standard InChI is InChI=1S/C16H19NO2S/c1-19-14-6-2-4-11(16(14)18)10-17-13-5-3-7-15-12(13)8-9-20-15/h2,4,6,8-9,13,17-18H,3,5,7,10H2,1H3. The Bertz CT molecular complexity index is 594. The Morgan fingerprint density at radius 2 is 2.30 bits per heavy atom. The number of phenolic OH excluding ortho intramolecular Hbond substituents is 1. The quantitative estimate of drug-likeness (QED) is 0.903. The normalized spacial score (nSPS) is 17.8. The number of rotatable bonds is 4.